The Bertz CT molecular complexity index is 2970. The van der Waals surface area contributed by atoms with Crippen LogP contribution in [-0.2, 0) is 21.7 Å². The van der Waals surface area contributed by atoms with E-state index < -0.39 is 0 Å². The molecule has 8 aromatic rings. The highest BCUT2D eigenvalue weighted by Gasteiger charge is 2.33. The summed E-state index contributed by atoms with van der Waals surface area (Å²) in [5.41, 5.74) is 14.5. The minimum atomic E-state index is -0.0173. The van der Waals surface area contributed by atoms with Gasteiger partial charge in [0.2, 0.25) is 0 Å². The zero-order chi connectivity index (χ0) is 44.6. The zero-order valence-corrected chi connectivity index (χ0v) is 39.3. The summed E-state index contributed by atoms with van der Waals surface area (Å²) in [5.74, 6) is 2.45. The molecule has 0 unspecified atom stereocenters. The number of ether oxygens (including phenoxy) is 1. The van der Waals surface area contributed by atoms with Gasteiger partial charge in [0.15, 0.2) is 0 Å². The minimum Gasteiger partial charge on any atom is -0.457 e. The Labute approximate surface area is 375 Å². The van der Waals surface area contributed by atoms with Crippen molar-refractivity contribution < 1.29 is 4.74 Å². The van der Waals surface area contributed by atoms with Gasteiger partial charge in [-0.05, 0) is 110 Å². The third kappa shape index (κ3) is 7.99. The summed E-state index contributed by atoms with van der Waals surface area (Å²) >= 11 is 0. The number of hydrogen-bond acceptors (Lipinski definition) is 4. The molecule has 0 fully saturated rings. The normalized spacial score (nSPS) is 13.6. The lowest BCUT2D eigenvalue weighted by Crippen LogP contribution is -2.25. The number of anilines is 4. The SMILES string of the molecule is CC(C)(C)c1ccc(-c2cccc3c2N(c2cc(C(C)(C)C)cc(C(C)(C)C)c2)CN3c2cccc(Oc3ccc4c5ccccc5n(-c5cc(C(C)(C)C)ccn5)c4c3)c2)cc1. The van der Waals surface area contributed by atoms with E-state index in [1.807, 2.05) is 6.20 Å². The van der Waals surface area contributed by atoms with E-state index in [9.17, 15) is 0 Å². The van der Waals surface area contributed by atoms with Crippen LogP contribution in [0.15, 0.2) is 146 Å². The minimum absolute atomic E-state index is 0.00623. The van der Waals surface area contributed by atoms with E-state index in [2.05, 4.69) is 237 Å². The molecule has 5 nitrogen and oxygen atoms in total. The number of nitrogens with zero attached hydrogens (tertiary/aromatic N) is 4. The van der Waals surface area contributed by atoms with E-state index in [1.165, 1.54) is 55.8 Å². The second kappa shape index (κ2) is 15.2. The predicted molar refractivity (Wildman–Crippen MR) is 267 cm³/mol. The number of benzene rings is 6. The van der Waals surface area contributed by atoms with Gasteiger partial charge < -0.3 is 14.5 Å². The molecule has 0 spiro atoms. The molecular formula is C58H62N4O. The summed E-state index contributed by atoms with van der Waals surface area (Å²) in [7, 11) is 0. The van der Waals surface area contributed by atoms with Crippen LogP contribution < -0.4 is 14.5 Å². The molecule has 9 rings (SSSR count). The van der Waals surface area contributed by atoms with E-state index in [-0.39, 0.29) is 21.7 Å². The number of fused-ring (bicyclic) bond motifs is 4. The molecule has 0 saturated carbocycles. The van der Waals surface area contributed by atoms with Gasteiger partial charge in [-0.3, -0.25) is 4.57 Å². The first kappa shape index (κ1) is 42.0. The lowest BCUT2D eigenvalue weighted by Gasteiger charge is -2.30. The number of aromatic nitrogens is 2. The number of rotatable bonds is 6. The van der Waals surface area contributed by atoms with Crippen LogP contribution in [-0.4, -0.2) is 16.2 Å². The van der Waals surface area contributed by atoms with Crippen LogP contribution in [0.3, 0.4) is 0 Å². The third-order valence-electron chi connectivity index (χ3n) is 12.7. The molecular weight excluding hydrogens is 769 g/mol. The van der Waals surface area contributed by atoms with Crippen LogP contribution in [0, 0.1) is 0 Å². The van der Waals surface area contributed by atoms with Crippen LogP contribution >= 0.6 is 0 Å². The Balaban J connectivity index is 1.14. The molecule has 1 aliphatic rings. The molecule has 0 N–H and O–H groups in total. The van der Waals surface area contributed by atoms with Crippen LogP contribution in [0.1, 0.15) is 105 Å². The largest absolute Gasteiger partial charge is 0.457 e. The van der Waals surface area contributed by atoms with Crippen molar-refractivity contribution in [2.75, 3.05) is 16.5 Å². The Morgan fingerprint density at radius 3 is 1.78 bits per heavy atom. The first-order valence-corrected chi connectivity index (χ1v) is 22.5. The molecule has 6 aromatic carbocycles. The molecule has 63 heavy (non-hydrogen) atoms. The summed E-state index contributed by atoms with van der Waals surface area (Å²) < 4.78 is 9.09. The lowest BCUT2D eigenvalue weighted by atomic mass is 9.80. The van der Waals surface area contributed by atoms with Crippen molar-refractivity contribution in [3.05, 3.63) is 168 Å². The standard InChI is InChI=1S/C58H62N4O/c1-55(2,3)39-25-23-38(24-26-39)47-20-16-22-51-54(47)61(44-32-41(57(7,8)9)31-42(33-44)58(10,11)12)37-60(51)43-17-15-18-45(35-43)63-46-27-28-49-48-19-13-14-21-50(48)62(52(49)36-46)53-34-40(29-30-59-53)56(4,5)6/h13-36H,37H2,1-12H3. The maximum absolute atomic E-state index is 6.81. The zero-order valence-electron chi connectivity index (χ0n) is 39.3. The fraction of sp³-hybridized carbons (Fsp3) is 0.293. The van der Waals surface area contributed by atoms with Gasteiger partial charge in [0.25, 0.3) is 0 Å². The average molecular weight is 831 g/mol. The van der Waals surface area contributed by atoms with Crippen LogP contribution in [0.2, 0.25) is 0 Å². The maximum atomic E-state index is 6.81. The Morgan fingerprint density at radius 2 is 1.10 bits per heavy atom. The van der Waals surface area contributed by atoms with Crippen molar-refractivity contribution >= 4 is 44.6 Å². The van der Waals surface area contributed by atoms with Crippen molar-refractivity contribution in [3.63, 3.8) is 0 Å². The van der Waals surface area contributed by atoms with Gasteiger partial charge in [-0.1, -0.05) is 150 Å². The first-order chi connectivity index (χ1) is 29.7. The van der Waals surface area contributed by atoms with E-state index >= 15 is 0 Å². The quantitative estimate of drug-likeness (QED) is 0.167. The maximum Gasteiger partial charge on any atom is 0.137 e. The van der Waals surface area contributed by atoms with Crippen LogP contribution in [0.25, 0.3) is 38.8 Å². The highest BCUT2D eigenvalue weighted by molar-refractivity contribution is 6.09. The Hall–Kier alpha value is -6.33. The molecule has 3 heterocycles. The van der Waals surface area contributed by atoms with E-state index in [0.29, 0.717) is 6.67 Å². The molecule has 0 amide bonds. The summed E-state index contributed by atoms with van der Waals surface area (Å²) in [5, 5.41) is 2.35. The van der Waals surface area contributed by atoms with Gasteiger partial charge in [0, 0.05) is 46.0 Å². The number of hydrogen-bond donors (Lipinski definition) is 0. The fourth-order valence-corrected chi connectivity index (χ4v) is 8.89. The number of pyridine rings is 1. The van der Waals surface area contributed by atoms with E-state index in [4.69, 9.17) is 9.72 Å². The van der Waals surface area contributed by atoms with Gasteiger partial charge >= 0.3 is 0 Å². The second-order valence-corrected chi connectivity index (χ2v) is 21.6. The molecule has 0 bridgehead atoms. The second-order valence-electron chi connectivity index (χ2n) is 21.6. The summed E-state index contributed by atoms with van der Waals surface area (Å²) in [6, 6.07) is 51.0. The Kier molecular flexibility index (Phi) is 10.1. The van der Waals surface area contributed by atoms with Crippen LogP contribution in [0.4, 0.5) is 22.7 Å². The van der Waals surface area contributed by atoms with Crippen molar-refractivity contribution in [1.29, 1.82) is 0 Å². The predicted octanol–water partition coefficient (Wildman–Crippen LogP) is 16.1. The fourth-order valence-electron chi connectivity index (χ4n) is 8.89. The number of para-hydroxylation sites is 2. The summed E-state index contributed by atoms with van der Waals surface area (Å²) in [4.78, 5) is 9.85. The smallest absolute Gasteiger partial charge is 0.137 e. The van der Waals surface area contributed by atoms with Crippen LogP contribution in [0.5, 0.6) is 11.5 Å². The molecule has 1 aliphatic heterocycles. The van der Waals surface area contributed by atoms with E-state index in [0.717, 1.165) is 39.4 Å². The van der Waals surface area contributed by atoms with Crippen molar-refractivity contribution in [1.82, 2.24) is 9.55 Å². The highest BCUT2D eigenvalue weighted by atomic mass is 16.5. The van der Waals surface area contributed by atoms with Gasteiger partial charge in [-0.2, -0.15) is 0 Å². The average Bonchev–Trinajstić information content (AvgIpc) is 3.79. The molecule has 0 saturated heterocycles. The first-order valence-electron chi connectivity index (χ1n) is 22.5. The molecule has 2 aromatic heterocycles. The molecule has 320 valence electrons. The van der Waals surface area contributed by atoms with Gasteiger partial charge in [-0.25, -0.2) is 4.98 Å². The molecule has 0 radical (unpaired) electrons. The summed E-state index contributed by atoms with van der Waals surface area (Å²) in [6.45, 7) is 28.1. The molecule has 0 aliphatic carbocycles. The topological polar surface area (TPSA) is 33.5 Å². The monoisotopic (exact) mass is 830 g/mol. The van der Waals surface area contributed by atoms with Crippen molar-refractivity contribution in [3.8, 4) is 28.4 Å². The van der Waals surface area contributed by atoms with Gasteiger partial charge in [-0.15, -0.1) is 0 Å². The van der Waals surface area contributed by atoms with Gasteiger partial charge in [0.05, 0.1) is 22.4 Å². The summed E-state index contributed by atoms with van der Waals surface area (Å²) in [6.07, 6.45) is 1.93. The molecule has 0 atom stereocenters. The molecule has 5 heteroatoms. The third-order valence-corrected chi connectivity index (χ3v) is 12.7. The highest BCUT2D eigenvalue weighted by Crippen LogP contribution is 2.51. The van der Waals surface area contributed by atoms with Gasteiger partial charge in [0.1, 0.15) is 24.0 Å². The van der Waals surface area contributed by atoms with E-state index in [1.54, 1.807) is 0 Å². The van der Waals surface area contributed by atoms with Crippen molar-refractivity contribution in [2.45, 2.75) is 105 Å². The lowest BCUT2D eigenvalue weighted by molar-refractivity contribution is 0.483. The Morgan fingerprint density at radius 1 is 0.460 bits per heavy atom. The van der Waals surface area contributed by atoms with Crippen molar-refractivity contribution in [2.24, 2.45) is 0 Å².